The van der Waals surface area contributed by atoms with Crippen molar-refractivity contribution in [3.8, 4) is 0 Å². The number of Topliss-reactive ketones (excluding diaryl/α,β-unsaturated/α-hetero) is 1. The second-order valence-corrected chi connectivity index (χ2v) is 10.0. The molecule has 4 N–H and O–H groups in total. The number of aliphatic hydroxyl groups excluding tert-OH is 1. The highest BCUT2D eigenvalue weighted by Gasteiger charge is 2.55. The van der Waals surface area contributed by atoms with Gasteiger partial charge in [-0.1, -0.05) is 61.5 Å². The van der Waals surface area contributed by atoms with Gasteiger partial charge >= 0.3 is 5.97 Å². The van der Waals surface area contributed by atoms with Crippen LogP contribution in [0.4, 0.5) is 5.69 Å². The maximum absolute atomic E-state index is 12.6. The van der Waals surface area contributed by atoms with Gasteiger partial charge in [-0.2, -0.15) is 0 Å². The molecule has 2 aromatic rings. The van der Waals surface area contributed by atoms with E-state index in [1.807, 2.05) is 6.92 Å². The lowest BCUT2D eigenvalue weighted by atomic mass is 9.61. The topological polar surface area (TPSA) is 129 Å². The number of hydrogen-bond donors (Lipinski definition) is 4. The summed E-state index contributed by atoms with van der Waals surface area (Å²) in [4.78, 5) is 41.3. The van der Waals surface area contributed by atoms with E-state index in [0.717, 1.165) is 24.8 Å². The summed E-state index contributed by atoms with van der Waals surface area (Å²) >= 11 is 12.1. The van der Waals surface area contributed by atoms with E-state index in [1.54, 1.807) is 24.3 Å². The van der Waals surface area contributed by atoms with Gasteiger partial charge in [-0.3, -0.25) is 14.6 Å². The molecule has 1 aromatic carbocycles. The van der Waals surface area contributed by atoms with Crippen molar-refractivity contribution in [1.29, 1.82) is 0 Å². The van der Waals surface area contributed by atoms with Gasteiger partial charge in [-0.25, -0.2) is 4.79 Å². The van der Waals surface area contributed by atoms with Gasteiger partial charge in [0.15, 0.2) is 5.76 Å². The Labute approximate surface area is 218 Å². The summed E-state index contributed by atoms with van der Waals surface area (Å²) < 4.78 is 0. The molecule has 2 aliphatic carbocycles. The first-order valence-corrected chi connectivity index (χ1v) is 12.6. The van der Waals surface area contributed by atoms with E-state index in [9.17, 15) is 24.6 Å². The Morgan fingerprint density at radius 3 is 2.25 bits per heavy atom. The molecular formula is C26H27Cl2N3O5. The Morgan fingerprint density at radius 1 is 1.08 bits per heavy atom. The number of pyridine rings is 1. The number of aliphatic carboxylic acids is 1. The molecule has 2 aliphatic rings. The largest absolute Gasteiger partial charge is 0.503 e. The van der Waals surface area contributed by atoms with Gasteiger partial charge in [0.1, 0.15) is 6.04 Å². The minimum absolute atomic E-state index is 0.110. The zero-order valence-electron chi connectivity index (χ0n) is 19.7. The number of amides is 1. The van der Waals surface area contributed by atoms with Gasteiger partial charge < -0.3 is 20.8 Å². The molecule has 0 radical (unpaired) electrons. The van der Waals surface area contributed by atoms with E-state index < -0.39 is 29.3 Å². The molecule has 1 unspecified atom stereocenters. The molecule has 0 bridgehead atoms. The minimum Gasteiger partial charge on any atom is -0.503 e. The van der Waals surface area contributed by atoms with Crippen molar-refractivity contribution in [2.24, 2.45) is 5.41 Å². The fraction of sp³-hybridized carbons (Fsp3) is 0.385. The lowest BCUT2D eigenvalue weighted by Gasteiger charge is -2.46. The number of hydrogen-bond acceptors (Lipinski definition) is 6. The highest BCUT2D eigenvalue weighted by molar-refractivity contribution is 6.40. The van der Waals surface area contributed by atoms with E-state index in [-0.39, 0.29) is 27.2 Å². The molecule has 1 amide bonds. The van der Waals surface area contributed by atoms with Crippen molar-refractivity contribution >= 4 is 46.5 Å². The van der Waals surface area contributed by atoms with Gasteiger partial charge in [0, 0.05) is 24.0 Å². The number of carbonyl (C=O) groups excluding carboxylic acids is 2. The third-order valence-electron chi connectivity index (χ3n) is 7.16. The van der Waals surface area contributed by atoms with Crippen LogP contribution < -0.4 is 10.6 Å². The average molecular weight is 532 g/mol. The molecule has 2 atom stereocenters. The lowest BCUT2D eigenvalue weighted by Crippen LogP contribution is -2.55. The average Bonchev–Trinajstić information content (AvgIpc) is 2.87. The molecule has 4 rings (SSSR count). The smallest absolute Gasteiger partial charge is 0.326 e. The number of carbonyl (C=O) groups is 3. The number of nitrogens with zero attached hydrogens (tertiary/aromatic N) is 1. The van der Waals surface area contributed by atoms with E-state index in [1.165, 1.54) is 12.4 Å². The second-order valence-electron chi connectivity index (χ2n) is 9.22. The van der Waals surface area contributed by atoms with E-state index in [2.05, 4.69) is 15.6 Å². The zero-order valence-corrected chi connectivity index (χ0v) is 21.2. The Morgan fingerprint density at radius 2 is 1.69 bits per heavy atom. The number of ketones is 1. The van der Waals surface area contributed by atoms with E-state index in [4.69, 9.17) is 23.2 Å². The Balaban J connectivity index is 1.53. The molecule has 10 heteroatoms. The molecule has 1 saturated carbocycles. The lowest BCUT2D eigenvalue weighted by molar-refractivity contribution is -0.141. The molecule has 1 spiro atoms. The molecule has 1 fully saturated rings. The number of nitrogens with one attached hydrogen (secondary N) is 2. The Kier molecular flexibility index (Phi) is 7.57. The standard InChI is InChI=1S/C26H27Cl2N3O5/c1-2-16(20(25(35)36)31-22-21(32)23(33)26(22)10-4-3-5-11-26)14-6-8-15(9-7-14)30-24(34)19-17(27)12-29-13-18(19)28/h6-9,12-13,16,20,31-32H,2-5,10-11H2,1H3,(H,30,34)(H,35,36)/t16?,20-/m0/s1. The summed E-state index contributed by atoms with van der Waals surface area (Å²) in [5, 5.41) is 26.4. The number of benzene rings is 1. The predicted octanol–water partition coefficient (Wildman–Crippen LogP) is 5.48. The first kappa shape index (κ1) is 26.0. The van der Waals surface area contributed by atoms with Crippen LogP contribution in [0.5, 0.6) is 0 Å². The van der Waals surface area contributed by atoms with Gasteiger partial charge in [-0.15, -0.1) is 0 Å². The molecule has 1 heterocycles. The Hall–Kier alpha value is -3.10. The Bertz CT molecular complexity index is 1200. The summed E-state index contributed by atoms with van der Waals surface area (Å²) in [6, 6.07) is 5.78. The number of anilines is 1. The number of carboxylic acids is 1. The fourth-order valence-corrected chi connectivity index (χ4v) is 5.78. The number of carboxylic acid groups (broad SMARTS) is 1. The normalized spacial score (nSPS) is 18.4. The molecule has 0 aliphatic heterocycles. The van der Waals surface area contributed by atoms with Crippen molar-refractivity contribution < 1.29 is 24.6 Å². The number of aromatic nitrogens is 1. The molecule has 8 nitrogen and oxygen atoms in total. The van der Waals surface area contributed by atoms with Gasteiger partial charge in [0.2, 0.25) is 5.78 Å². The van der Waals surface area contributed by atoms with Crippen molar-refractivity contribution in [1.82, 2.24) is 10.3 Å². The second kappa shape index (κ2) is 10.5. The van der Waals surface area contributed by atoms with Crippen LogP contribution in [-0.2, 0) is 9.59 Å². The van der Waals surface area contributed by atoms with Gasteiger partial charge in [0.05, 0.1) is 26.7 Å². The number of aliphatic hydroxyl groups is 1. The monoisotopic (exact) mass is 531 g/mol. The minimum atomic E-state index is -1.08. The number of allylic oxidation sites excluding steroid dienone is 2. The van der Waals surface area contributed by atoms with Crippen LogP contribution in [0.3, 0.4) is 0 Å². The first-order valence-electron chi connectivity index (χ1n) is 11.9. The molecule has 190 valence electrons. The third-order valence-corrected chi connectivity index (χ3v) is 7.73. The third kappa shape index (κ3) is 4.67. The van der Waals surface area contributed by atoms with Crippen LogP contribution in [-0.4, -0.2) is 38.9 Å². The number of rotatable bonds is 8. The van der Waals surface area contributed by atoms with Crippen LogP contribution in [0.25, 0.3) is 0 Å². The van der Waals surface area contributed by atoms with Crippen LogP contribution >= 0.6 is 23.2 Å². The summed E-state index contributed by atoms with van der Waals surface area (Å²) in [5.74, 6) is -2.67. The van der Waals surface area contributed by atoms with Crippen molar-refractivity contribution in [3.05, 3.63) is 69.3 Å². The highest BCUT2D eigenvalue weighted by Crippen LogP contribution is 2.51. The van der Waals surface area contributed by atoms with Crippen LogP contribution in [0.15, 0.2) is 48.1 Å². The first-order chi connectivity index (χ1) is 17.2. The zero-order chi connectivity index (χ0) is 26.0. The van der Waals surface area contributed by atoms with Gasteiger partial charge in [0.25, 0.3) is 5.91 Å². The molecule has 36 heavy (non-hydrogen) atoms. The van der Waals surface area contributed by atoms with E-state index >= 15 is 0 Å². The van der Waals surface area contributed by atoms with Crippen LogP contribution in [0.1, 0.15) is 67.3 Å². The summed E-state index contributed by atoms with van der Waals surface area (Å²) in [5.41, 5.74) is 0.886. The van der Waals surface area contributed by atoms with Crippen molar-refractivity contribution in [2.45, 2.75) is 57.4 Å². The maximum atomic E-state index is 12.6. The summed E-state index contributed by atoms with van der Waals surface area (Å²) in [6.07, 6.45) is 7.12. The fourth-order valence-electron chi connectivity index (χ4n) is 5.25. The van der Waals surface area contributed by atoms with Crippen molar-refractivity contribution in [3.63, 3.8) is 0 Å². The van der Waals surface area contributed by atoms with E-state index in [0.29, 0.717) is 30.6 Å². The molecule has 1 aromatic heterocycles. The maximum Gasteiger partial charge on any atom is 0.326 e. The van der Waals surface area contributed by atoms with Crippen molar-refractivity contribution in [2.75, 3.05) is 5.32 Å². The summed E-state index contributed by atoms with van der Waals surface area (Å²) in [7, 11) is 0. The van der Waals surface area contributed by atoms with Crippen LogP contribution in [0, 0.1) is 5.41 Å². The van der Waals surface area contributed by atoms with Crippen LogP contribution in [0.2, 0.25) is 10.0 Å². The summed E-state index contributed by atoms with van der Waals surface area (Å²) in [6.45, 7) is 1.88. The quantitative estimate of drug-likeness (QED) is 0.354. The predicted molar refractivity (Wildman–Crippen MR) is 136 cm³/mol. The molecule has 0 saturated heterocycles. The number of halogens is 2. The van der Waals surface area contributed by atoms with Gasteiger partial charge in [-0.05, 0) is 37.0 Å². The highest BCUT2D eigenvalue weighted by atomic mass is 35.5. The molecular weight excluding hydrogens is 505 g/mol. The SMILES string of the molecule is CCC(c1ccc(NC(=O)c2c(Cl)cncc2Cl)cc1)[C@H](NC1=C(O)C(=O)C12CCCCC2)C(=O)O.